The van der Waals surface area contributed by atoms with Gasteiger partial charge in [-0.15, -0.1) is 0 Å². The summed E-state index contributed by atoms with van der Waals surface area (Å²) >= 11 is 0. The van der Waals surface area contributed by atoms with Crippen molar-refractivity contribution in [1.29, 1.82) is 0 Å². The van der Waals surface area contributed by atoms with Crippen molar-refractivity contribution in [2.45, 2.75) is 31.8 Å². The largest absolute Gasteiger partial charge is 0.295 e. The van der Waals surface area contributed by atoms with Gasteiger partial charge in [0.2, 0.25) is 0 Å². The van der Waals surface area contributed by atoms with Crippen LogP contribution in [0.15, 0.2) is 54.6 Å². The van der Waals surface area contributed by atoms with Crippen LogP contribution in [0.25, 0.3) is 0 Å². The second-order valence-electron chi connectivity index (χ2n) is 5.51. The van der Waals surface area contributed by atoms with Gasteiger partial charge in [0.25, 0.3) is 0 Å². The van der Waals surface area contributed by atoms with E-state index in [4.69, 9.17) is 0 Å². The summed E-state index contributed by atoms with van der Waals surface area (Å²) in [5.74, 6) is 0. The molecule has 0 heterocycles. The van der Waals surface area contributed by atoms with Crippen molar-refractivity contribution in [2.24, 2.45) is 0 Å². The average Bonchev–Trinajstić information content (AvgIpc) is 2.47. The Morgan fingerprint density at radius 3 is 2.58 bits per heavy atom. The average molecular weight is 251 g/mol. The lowest BCUT2D eigenvalue weighted by atomic mass is 9.87. The number of hydrogen-bond acceptors (Lipinski definition) is 1. The highest BCUT2D eigenvalue weighted by molar-refractivity contribution is 5.32. The van der Waals surface area contributed by atoms with Crippen LogP contribution in [0.1, 0.15) is 35.6 Å². The third-order valence-electron chi connectivity index (χ3n) is 4.14. The number of rotatable bonds is 3. The molecular weight excluding hydrogens is 230 g/mol. The van der Waals surface area contributed by atoms with Crippen molar-refractivity contribution in [3.05, 3.63) is 71.3 Å². The van der Waals surface area contributed by atoms with Gasteiger partial charge < -0.3 is 0 Å². The lowest BCUT2D eigenvalue weighted by molar-refractivity contribution is 0.213. The molecule has 1 nitrogen and oxygen atoms in total. The maximum Gasteiger partial charge on any atom is 0.0351 e. The van der Waals surface area contributed by atoms with Crippen LogP contribution >= 0.6 is 0 Å². The SMILES string of the molecule is CN(Cc1ccccc1)C1CCCc2ccccc21. The van der Waals surface area contributed by atoms with Crippen LogP contribution in [0.5, 0.6) is 0 Å². The lowest BCUT2D eigenvalue weighted by Crippen LogP contribution is -2.27. The number of fused-ring (bicyclic) bond motifs is 1. The van der Waals surface area contributed by atoms with Crippen LogP contribution in [0.2, 0.25) is 0 Å². The summed E-state index contributed by atoms with van der Waals surface area (Å²) in [6.45, 7) is 1.03. The Labute approximate surface area is 115 Å². The first kappa shape index (κ1) is 12.4. The maximum absolute atomic E-state index is 2.49. The zero-order chi connectivity index (χ0) is 13.1. The van der Waals surface area contributed by atoms with Gasteiger partial charge in [-0.1, -0.05) is 54.6 Å². The van der Waals surface area contributed by atoms with Crippen LogP contribution in [0.3, 0.4) is 0 Å². The molecule has 0 aromatic heterocycles. The van der Waals surface area contributed by atoms with E-state index in [1.807, 2.05) is 0 Å². The van der Waals surface area contributed by atoms with Gasteiger partial charge in [0.15, 0.2) is 0 Å². The number of nitrogens with zero attached hydrogens (tertiary/aromatic N) is 1. The van der Waals surface area contributed by atoms with Gasteiger partial charge in [0.1, 0.15) is 0 Å². The Morgan fingerprint density at radius 1 is 1.00 bits per heavy atom. The Balaban J connectivity index is 1.80. The fraction of sp³-hybridized carbons (Fsp3) is 0.333. The molecule has 0 saturated carbocycles. The molecule has 0 aliphatic heterocycles. The normalized spacial score (nSPS) is 18.3. The molecule has 0 radical (unpaired) electrons. The molecule has 2 aromatic rings. The molecule has 98 valence electrons. The third kappa shape index (κ3) is 2.71. The van der Waals surface area contributed by atoms with E-state index in [2.05, 4.69) is 66.5 Å². The highest BCUT2D eigenvalue weighted by Gasteiger charge is 2.23. The van der Waals surface area contributed by atoms with Crippen molar-refractivity contribution in [3.63, 3.8) is 0 Å². The summed E-state index contributed by atoms with van der Waals surface area (Å²) in [5.41, 5.74) is 4.47. The van der Waals surface area contributed by atoms with Crippen LogP contribution in [0.4, 0.5) is 0 Å². The summed E-state index contributed by atoms with van der Waals surface area (Å²) in [5, 5.41) is 0. The highest BCUT2D eigenvalue weighted by Crippen LogP contribution is 2.33. The van der Waals surface area contributed by atoms with Gasteiger partial charge in [-0.25, -0.2) is 0 Å². The minimum Gasteiger partial charge on any atom is -0.295 e. The fourth-order valence-electron chi connectivity index (χ4n) is 3.17. The lowest BCUT2D eigenvalue weighted by Gasteiger charge is -2.33. The van der Waals surface area contributed by atoms with Crippen LogP contribution in [-0.2, 0) is 13.0 Å². The molecule has 0 N–H and O–H groups in total. The van der Waals surface area contributed by atoms with E-state index in [0.29, 0.717) is 6.04 Å². The van der Waals surface area contributed by atoms with Gasteiger partial charge in [0.05, 0.1) is 0 Å². The first-order valence-electron chi connectivity index (χ1n) is 7.16. The number of benzene rings is 2. The van der Waals surface area contributed by atoms with E-state index in [0.717, 1.165) is 6.54 Å². The zero-order valence-corrected chi connectivity index (χ0v) is 11.5. The van der Waals surface area contributed by atoms with Gasteiger partial charge in [0, 0.05) is 12.6 Å². The van der Waals surface area contributed by atoms with Crippen molar-refractivity contribution < 1.29 is 0 Å². The number of hydrogen-bond donors (Lipinski definition) is 0. The summed E-state index contributed by atoms with van der Waals surface area (Å²) in [7, 11) is 2.25. The topological polar surface area (TPSA) is 3.24 Å². The van der Waals surface area contributed by atoms with Crippen LogP contribution in [-0.4, -0.2) is 11.9 Å². The molecule has 1 atom stereocenters. The molecule has 1 unspecified atom stereocenters. The second kappa shape index (κ2) is 5.58. The maximum atomic E-state index is 2.49. The highest BCUT2D eigenvalue weighted by atomic mass is 15.1. The van der Waals surface area contributed by atoms with Crippen LogP contribution in [0, 0.1) is 0 Å². The molecule has 0 fully saturated rings. The second-order valence-corrected chi connectivity index (χ2v) is 5.51. The Hall–Kier alpha value is -1.60. The van der Waals surface area contributed by atoms with Gasteiger partial charge in [-0.05, 0) is 43.0 Å². The van der Waals surface area contributed by atoms with Crippen molar-refractivity contribution in [3.8, 4) is 0 Å². The summed E-state index contributed by atoms with van der Waals surface area (Å²) in [6, 6.07) is 20.3. The van der Waals surface area contributed by atoms with Gasteiger partial charge in [-0.3, -0.25) is 4.90 Å². The summed E-state index contributed by atoms with van der Waals surface area (Å²) in [4.78, 5) is 2.49. The van der Waals surface area contributed by atoms with Crippen molar-refractivity contribution in [2.75, 3.05) is 7.05 Å². The molecule has 19 heavy (non-hydrogen) atoms. The molecular formula is C18H21N. The molecule has 0 amide bonds. The predicted octanol–water partition coefficient (Wildman–Crippen LogP) is 4.20. The predicted molar refractivity (Wildman–Crippen MR) is 80.0 cm³/mol. The van der Waals surface area contributed by atoms with E-state index in [-0.39, 0.29) is 0 Å². The minimum absolute atomic E-state index is 0.574. The zero-order valence-electron chi connectivity index (χ0n) is 11.5. The fourth-order valence-corrected chi connectivity index (χ4v) is 3.17. The third-order valence-corrected chi connectivity index (χ3v) is 4.14. The first-order valence-corrected chi connectivity index (χ1v) is 7.16. The van der Waals surface area contributed by atoms with E-state index in [1.165, 1.54) is 30.4 Å². The van der Waals surface area contributed by atoms with Crippen molar-refractivity contribution >= 4 is 0 Å². The minimum atomic E-state index is 0.574. The van der Waals surface area contributed by atoms with Crippen molar-refractivity contribution in [1.82, 2.24) is 4.90 Å². The summed E-state index contributed by atoms with van der Waals surface area (Å²) < 4.78 is 0. The molecule has 0 bridgehead atoms. The molecule has 0 spiro atoms. The Kier molecular flexibility index (Phi) is 3.65. The quantitative estimate of drug-likeness (QED) is 0.790. The standard InChI is InChI=1S/C18H21N/c1-19(14-15-8-3-2-4-9-15)18-13-7-11-16-10-5-6-12-17(16)18/h2-6,8-10,12,18H,7,11,13-14H2,1H3. The molecule has 3 rings (SSSR count). The molecule has 0 saturated heterocycles. The summed E-state index contributed by atoms with van der Waals surface area (Å²) in [6.07, 6.45) is 3.83. The molecule has 1 aliphatic rings. The van der Waals surface area contributed by atoms with Crippen LogP contribution < -0.4 is 0 Å². The van der Waals surface area contributed by atoms with E-state index < -0.39 is 0 Å². The molecule has 2 aromatic carbocycles. The van der Waals surface area contributed by atoms with Gasteiger partial charge in [-0.2, -0.15) is 0 Å². The van der Waals surface area contributed by atoms with Gasteiger partial charge >= 0.3 is 0 Å². The Morgan fingerprint density at radius 2 is 1.74 bits per heavy atom. The number of aryl methyl sites for hydroxylation is 1. The van der Waals surface area contributed by atoms with E-state index >= 15 is 0 Å². The van der Waals surface area contributed by atoms with E-state index in [9.17, 15) is 0 Å². The first-order chi connectivity index (χ1) is 9.34. The van der Waals surface area contributed by atoms with E-state index in [1.54, 1.807) is 5.56 Å². The molecule has 1 heteroatoms. The monoisotopic (exact) mass is 251 g/mol. The Bertz CT molecular complexity index is 532. The smallest absolute Gasteiger partial charge is 0.0351 e. The molecule has 1 aliphatic carbocycles.